The predicted octanol–water partition coefficient (Wildman–Crippen LogP) is 3.73. The Labute approximate surface area is 143 Å². The van der Waals surface area contributed by atoms with Crippen molar-refractivity contribution in [1.82, 2.24) is 0 Å². The van der Waals surface area contributed by atoms with E-state index in [0.717, 1.165) is 16.5 Å². The first kappa shape index (κ1) is 16.3. The van der Waals surface area contributed by atoms with Gasteiger partial charge in [0.15, 0.2) is 0 Å². The smallest absolute Gasteiger partial charge is 0.264 e. The van der Waals surface area contributed by atoms with Crippen molar-refractivity contribution in [3.05, 3.63) is 66.7 Å². The van der Waals surface area contributed by atoms with Gasteiger partial charge in [0, 0.05) is 37.6 Å². The summed E-state index contributed by atoms with van der Waals surface area (Å²) in [6.07, 6.45) is 0. The molecule has 3 rings (SSSR count). The molecule has 0 aliphatic heterocycles. The number of fused-ring (bicyclic) bond motifs is 1. The summed E-state index contributed by atoms with van der Waals surface area (Å²) in [5, 5.41) is 1.65. The highest BCUT2D eigenvalue weighted by Gasteiger charge is 2.23. The molecule has 0 unspecified atom stereocenters. The van der Waals surface area contributed by atoms with Crippen molar-refractivity contribution < 1.29 is 8.42 Å². The number of benzene rings is 3. The third-order valence-corrected chi connectivity index (χ3v) is 5.94. The Hall–Kier alpha value is -2.53. The number of rotatable bonds is 4. The Morgan fingerprint density at radius 3 is 2.00 bits per heavy atom. The third-order valence-electron chi connectivity index (χ3n) is 4.10. The molecule has 0 amide bonds. The van der Waals surface area contributed by atoms with E-state index in [1.165, 1.54) is 4.31 Å². The fourth-order valence-corrected chi connectivity index (χ4v) is 4.20. The second-order valence-corrected chi connectivity index (χ2v) is 7.77. The number of para-hydroxylation sites is 1. The first-order chi connectivity index (χ1) is 11.4. The fraction of sp³-hybridized carbons (Fsp3) is 0.158. The van der Waals surface area contributed by atoms with Crippen molar-refractivity contribution in [2.45, 2.75) is 4.90 Å². The second-order valence-electron chi connectivity index (χ2n) is 5.83. The van der Waals surface area contributed by atoms with Crippen LogP contribution in [0.15, 0.2) is 71.6 Å². The Morgan fingerprint density at radius 2 is 1.33 bits per heavy atom. The molecule has 0 radical (unpaired) electrons. The van der Waals surface area contributed by atoms with Crippen molar-refractivity contribution in [3.8, 4) is 0 Å². The minimum absolute atomic E-state index is 0.315. The molecule has 124 valence electrons. The van der Waals surface area contributed by atoms with Crippen molar-refractivity contribution in [2.75, 3.05) is 30.3 Å². The zero-order valence-corrected chi connectivity index (χ0v) is 14.8. The molecule has 0 aromatic heterocycles. The first-order valence-electron chi connectivity index (χ1n) is 7.66. The Balaban J connectivity index is 2.21. The summed E-state index contributed by atoms with van der Waals surface area (Å²) in [7, 11) is 1.84. The van der Waals surface area contributed by atoms with E-state index in [2.05, 4.69) is 0 Å². The molecule has 4 nitrogen and oxygen atoms in total. The zero-order chi connectivity index (χ0) is 17.3. The Kier molecular flexibility index (Phi) is 4.20. The minimum Gasteiger partial charge on any atom is -0.377 e. The molecule has 0 bridgehead atoms. The SMILES string of the molecule is CN(C)c1cccc2c(S(=O)(=O)N(C)c3ccccc3)cccc12. The average Bonchev–Trinajstić information content (AvgIpc) is 2.60. The molecular formula is C19H20N2O2S. The standard InChI is InChI=1S/C19H20N2O2S/c1-20(2)18-13-7-12-17-16(18)11-8-14-19(17)24(22,23)21(3)15-9-5-4-6-10-15/h4-14H,1-3H3. The highest BCUT2D eigenvalue weighted by Crippen LogP contribution is 2.32. The summed E-state index contributed by atoms with van der Waals surface area (Å²) in [4.78, 5) is 2.30. The van der Waals surface area contributed by atoms with Gasteiger partial charge in [0.2, 0.25) is 0 Å². The lowest BCUT2D eigenvalue weighted by molar-refractivity contribution is 0.595. The molecular weight excluding hydrogens is 320 g/mol. The van der Waals surface area contributed by atoms with E-state index in [-0.39, 0.29) is 0 Å². The van der Waals surface area contributed by atoms with Gasteiger partial charge in [0.05, 0.1) is 10.6 Å². The molecule has 3 aromatic rings. The van der Waals surface area contributed by atoms with E-state index in [9.17, 15) is 8.42 Å². The first-order valence-corrected chi connectivity index (χ1v) is 9.10. The molecule has 3 aromatic carbocycles. The van der Waals surface area contributed by atoms with Crippen LogP contribution >= 0.6 is 0 Å². The molecule has 0 saturated heterocycles. The van der Waals surface area contributed by atoms with Crippen molar-refractivity contribution >= 4 is 32.2 Å². The van der Waals surface area contributed by atoms with Gasteiger partial charge in [-0.1, -0.05) is 42.5 Å². The number of nitrogens with zero attached hydrogens (tertiary/aromatic N) is 2. The summed E-state index contributed by atoms with van der Waals surface area (Å²) < 4.78 is 27.6. The van der Waals surface area contributed by atoms with Gasteiger partial charge in [0.1, 0.15) is 0 Å². The maximum Gasteiger partial charge on any atom is 0.264 e. The monoisotopic (exact) mass is 340 g/mol. The second kappa shape index (κ2) is 6.17. The Bertz CT molecular complexity index is 967. The molecule has 0 aliphatic carbocycles. The van der Waals surface area contributed by atoms with E-state index in [0.29, 0.717) is 10.6 Å². The number of hydrogen-bond acceptors (Lipinski definition) is 3. The van der Waals surface area contributed by atoms with Gasteiger partial charge in [0.25, 0.3) is 10.0 Å². The fourth-order valence-electron chi connectivity index (χ4n) is 2.80. The van der Waals surface area contributed by atoms with Gasteiger partial charge in [-0.05, 0) is 24.3 Å². The van der Waals surface area contributed by atoms with Crippen molar-refractivity contribution in [3.63, 3.8) is 0 Å². The molecule has 0 fully saturated rings. The molecule has 0 aliphatic rings. The van der Waals surface area contributed by atoms with Crippen LogP contribution in [0, 0.1) is 0 Å². The topological polar surface area (TPSA) is 40.6 Å². The van der Waals surface area contributed by atoms with Crippen LogP contribution in [0.5, 0.6) is 0 Å². The van der Waals surface area contributed by atoms with E-state index in [1.54, 1.807) is 31.3 Å². The van der Waals surface area contributed by atoms with Crippen LogP contribution in [0.25, 0.3) is 10.8 Å². The molecule has 0 N–H and O–H groups in total. The highest BCUT2D eigenvalue weighted by molar-refractivity contribution is 7.93. The highest BCUT2D eigenvalue weighted by atomic mass is 32.2. The van der Waals surface area contributed by atoms with Crippen molar-refractivity contribution in [2.24, 2.45) is 0 Å². The maximum absolute atomic E-state index is 13.1. The number of anilines is 2. The third kappa shape index (κ3) is 2.71. The van der Waals surface area contributed by atoms with Crippen LogP contribution in [0.1, 0.15) is 0 Å². The van der Waals surface area contributed by atoms with Crippen LogP contribution in [0.4, 0.5) is 11.4 Å². The molecule has 5 heteroatoms. The molecule has 24 heavy (non-hydrogen) atoms. The summed E-state index contributed by atoms with van der Waals surface area (Å²) in [6.45, 7) is 0. The summed E-state index contributed by atoms with van der Waals surface area (Å²) in [5.41, 5.74) is 1.63. The quantitative estimate of drug-likeness (QED) is 0.726. The van der Waals surface area contributed by atoms with E-state index < -0.39 is 10.0 Å². The van der Waals surface area contributed by atoms with Gasteiger partial charge in [-0.25, -0.2) is 8.42 Å². The molecule has 0 saturated carbocycles. The molecule has 0 atom stereocenters. The minimum atomic E-state index is -3.65. The molecule has 0 spiro atoms. The largest absolute Gasteiger partial charge is 0.377 e. The van der Waals surface area contributed by atoms with E-state index >= 15 is 0 Å². The number of sulfonamides is 1. The normalized spacial score (nSPS) is 11.5. The summed E-state index contributed by atoms with van der Waals surface area (Å²) >= 11 is 0. The van der Waals surface area contributed by atoms with Gasteiger partial charge < -0.3 is 4.90 Å². The van der Waals surface area contributed by atoms with Gasteiger partial charge in [-0.15, -0.1) is 0 Å². The maximum atomic E-state index is 13.1. The lowest BCUT2D eigenvalue weighted by Gasteiger charge is -2.22. The van der Waals surface area contributed by atoms with Crippen molar-refractivity contribution in [1.29, 1.82) is 0 Å². The lowest BCUT2D eigenvalue weighted by Crippen LogP contribution is -2.26. The summed E-state index contributed by atoms with van der Waals surface area (Å²) in [5.74, 6) is 0. The number of hydrogen-bond donors (Lipinski definition) is 0. The van der Waals surface area contributed by atoms with Gasteiger partial charge >= 0.3 is 0 Å². The predicted molar refractivity (Wildman–Crippen MR) is 100 cm³/mol. The van der Waals surface area contributed by atoms with Gasteiger partial charge in [-0.3, -0.25) is 4.31 Å². The molecule has 0 heterocycles. The Morgan fingerprint density at radius 1 is 0.708 bits per heavy atom. The van der Waals surface area contributed by atoms with Crippen LogP contribution < -0.4 is 9.21 Å². The van der Waals surface area contributed by atoms with E-state index in [4.69, 9.17) is 0 Å². The van der Waals surface area contributed by atoms with E-state index in [1.807, 2.05) is 61.5 Å². The van der Waals surface area contributed by atoms with Gasteiger partial charge in [-0.2, -0.15) is 0 Å². The summed E-state index contributed by atoms with van der Waals surface area (Å²) in [6, 6.07) is 20.2. The van der Waals surface area contributed by atoms with Crippen LogP contribution in [-0.4, -0.2) is 29.6 Å². The average molecular weight is 340 g/mol. The van der Waals surface area contributed by atoms with Crippen LogP contribution in [-0.2, 0) is 10.0 Å². The van der Waals surface area contributed by atoms with Crippen LogP contribution in [0.3, 0.4) is 0 Å². The lowest BCUT2D eigenvalue weighted by atomic mass is 10.1. The zero-order valence-electron chi connectivity index (χ0n) is 14.0. The van der Waals surface area contributed by atoms with Crippen LogP contribution in [0.2, 0.25) is 0 Å².